The van der Waals surface area contributed by atoms with Crippen molar-refractivity contribution in [3.63, 3.8) is 0 Å². The number of aromatic nitrogens is 1. The fourth-order valence-corrected chi connectivity index (χ4v) is 5.30. The lowest BCUT2D eigenvalue weighted by Crippen LogP contribution is -2.28. The van der Waals surface area contributed by atoms with E-state index >= 15 is 0 Å². The highest BCUT2D eigenvalue weighted by atomic mass is 19.2. The second-order valence-electron chi connectivity index (χ2n) is 10.7. The van der Waals surface area contributed by atoms with Crippen molar-refractivity contribution in [1.29, 1.82) is 0 Å². The fourth-order valence-electron chi connectivity index (χ4n) is 5.30. The Morgan fingerprint density at radius 2 is 2.03 bits per heavy atom. The van der Waals surface area contributed by atoms with Crippen LogP contribution in [-0.2, 0) is 11.4 Å². The van der Waals surface area contributed by atoms with Crippen LogP contribution in [0.15, 0.2) is 70.5 Å². The lowest BCUT2D eigenvalue weighted by Gasteiger charge is -2.19. The number of amides is 1. The third kappa shape index (κ3) is 5.66. The summed E-state index contributed by atoms with van der Waals surface area (Å²) in [6, 6.07) is 5.96. The standard InChI is InChI=1S/C31H37F2N3O2/c1-18(2)30-28(31(37)34-16-23-13-20(4)29(33)26(32)14-23)25-12-11-24(21(5)35-38-6)15-27(25)36(30)17-22-9-7-19(3)8-10-22/h7,9-12,14-15,18-20H,8,13,16-17H2,1-6H3,(H,34,37). The van der Waals surface area contributed by atoms with Crippen molar-refractivity contribution in [1.82, 2.24) is 9.88 Å². The number of allylic oxidation sites excluding steroid dienone is 7. The second-order valence-corrected chi connectivity index (χ2v) is 10.7. The molecule has 0 fully saturated rings. The first-order valence-electron chi connectivity index (χ1n) is 13.2. The molecule has 38 heavy (non-hydrogen) atoms. The van der Waals surface area contributed by atoms with Crippen molar-refractivity contribution < 1.29 is 18.4 Å². The molecule has 0 spiro atoms. The largest absolute Gasteiger partial charge is 0.399 e. The highest BCUT2D eigenvalue weighted by Crippen LogP contribution is 2.34. The summed E-state index contributed by atoms with van der Waals surface area (Å²) in [7, 11) is 1.52. The number of carbonyl (C=O) groups is 1. The van der Waals surface area contributed by atoms with Gasteiger partial charge in [-0.05, 0) is 54.9 Å². The molecule has 0 bridgehead atoms. The average molecular weight is 522 g/mol. The zero-order chi connectivity index (χ0) is 27.6. The Kier molecular flexibility index (Phi) is 8.34. The summed E-state index contributed by atoms with van der Waals surface area (Å²) in [6.45, 7) is 10.7. The number of halogens is 2. The molecule has 1 aromatic carbocycles. The highest BCUT2D eigenvalue weighted by molar-refractivity contribution is 6.10. The van der Waals surface area contributed by atoms with E-state index in [1.165, 1.54) is 18.8 Å². The molecule has 0 aliphatic heterocycles. The van der Waals surface area contributed by atoms with E-state index in [-0.39, 0.29) is 18.4 Å². The quantitative estimate of drug-likeness (QED) is 0.289. The molecular weight excluding hydrogens is 484 g/mol. The Labute approximate surface area is 223 Å². The Morgan fingerprint density at radius 1 is 1.26 bits per heavy atom. The number of benzene rings is 1. The van der Waals surface area contributed by atoms with Crippen molar-refractivity contribution in [2.45, 2.75) is 59.9 Å². The predicted octanol–water partition coefficient (Wildman–Crippen LogP) is 7.50. The van der Waals surface area contributed by atoms with Gasteiger partial charge >= 0.3 is 0 Å². The maximum absolute atomic E-state index is 14.0. The van der Waals surface area contributed by atoms with Gasteiger partial charge in [0.15, 0.2) is 5.83 Å². The van der Waals surface area contributed by atoms with Crippen LogP contribution in [0, 0.1) is 11.8 Å². The number of carbonyl (C=O) groups excluding carboxylic acids is 1. The van der Waals surface area contributed by atoms with Gasteiger partial charge in [0, 0.05) is 35.7 Å². The van der Waals surface area contributed by atoms with E-state index in [1.54, 1.807) is 6.92 Å². The zero-order valence-electron chi connectivity index (χ0n) is 23.1. The molecule has 4 rings (SSSR count). The van der Waals surface area contributed by atoms with Crippen LogP contribution in [0.3, 0.4) is 0 Å². The first kappa shape index (κ1) is 27.6. The SMILES string of the molecule is CON=C(C)c1ccc2c(C(=O)NCC3=CC(F)=C(F)C(C)C3)c(C(C)C)n(CC3=CCC(C)C=C3)c2c1. The Morgan fingerprint density at radius 3 is 2.66 bits per heavy atom. The van der Waals surface area contributed by atoms with Gasteiger partial charge in [0.05, 0.1) is 16.8 Å². The minimum Gasteiger partial charge on any atom is -0.399 e. The van der Waals surface area contributed by atoms with Crippen molar-refractivity contribution in [3.05, 3.63) is 82.1 Å². The molecule has 0 saturated heterocycles. The lowest BCUT2D eigenvalue weighted by atomic mass is 9.94. The summed E-state index contributed by atoms with van der Waals surface area (Å²) < 4.78 is 30.0. The smallest absolute Gasteiger partial charge is 0.254 e. The molecule has 0 radical (unpaired) electrons. The number of fused-ring (bicyclic) bond motifs is 1. The van der Waals surface area contributed by atoms with E-state index in [0.717, 1.165) is 34.3 Å². The van der Waals surface area contributed by atoms with Crippen LogP contribution in [0.2, 0.25) is 0 Å². The van der Waals surface area contributed by atoms with Gasteiger partial charge in [-0.2, -0.15) is 0 Å². The van der Waals surface area contributed by atoms with E-state index in [0.29, 0.717) is 30.0 Å². The number of oxime groups is 1. The summed E-state index contributed by atoms with van der Waals surface area (Å²) in [4.78, 5) is 18.7. The monoisotopic (exact) mass is 521 g/mol. The molecule has 1 amide bonds. The van der Waals surface area contributed by atoms with Gasteiger partial charge < -0.3 is 14.7 Å². The Balaban J connectivity index is 1.78. The van der Waals surface area contributed by atoms with Gasteiger partial charge in [-0.3, -0.25) is 4.79 Å². The van der Waals surface area contributed by atoms with Crippen molar-refractivity contribution >= 4 is 22.5 Å². The first-order chi connectivity index (χ1) is 18.1. The van der Waals surface area contributed by atoms with Crippen LogP contribution < -0.4 is 5.32 Å². The molecule has 5 nitrogen and oxygen atoms in total. The number of nitrogens with one attached hydrogen (secondary N) is 1. The minimum atomic E-state index is -0.851. The van der Waals surface area contributed by atoms with Crippen molar-refractivity contribution in [2.75, 3.05) is 13.7 Å². The van der Waals surface area contributed by atoms with E-state index < -0.39 is 17.6 Å². The third-order valence-corrected chi connectivity index (χ3v) is 7.29. The lowest BCUT2D eigenvalue weighted by molar-refractivity contribution is 0.0956. The van der Waals surface area contributed by atoms with Crippen LogP contribution in [-0.4, -0.2) is 29.8 Å². The molecule has 0 saturated carbocycles. The van der Waals surface area contributed by atoms with Gasteiger partial charge in [0.2, 0.25) is 0 Å². The van der Waals surface area contributed by atoms with Crippen LogP contribution in [0.5, 0.6) is 0 Å². The van der Waals surface area contributed by atoms with Crippen LogP contribution in [0.4, 0.5) is 8.78 Å². The van der Waals surface area contributed by atoms with Gasteiger partial charge in [-0.25, -0.2) is 8.78 Å². The van der Waals surface area contributed by atoms with Crippen LogP contribution >= 0.6 is 0 Å². The van der Waals surface area contributed by atoms with E-state index in [4.69, 9.17) is 4.84 Å². The maximum Gasteiger partial charge on any atom is 0.254 e. The summed E-state index contributed by atoms with van der Waals surface area (Å²) in [5.74, 6) is -1.76. The highest BCUT2D eigenvalue weighted by Gasteiger charge is 2.27. The molecule has 202 valence electrons. The predicted molar refractivity (Wildman–Crippen MR) is 150 cm³/mol. The van der Waals surface area contributed by atoms with Gasteiger partial charge in [0.25, 0.3) is 5.91 Å². The summed E-state index contributed by atoms with van der Waals surface area (Å²) >= 11 is 0. The number of nitrogens with zero attached hydrogens (tertiary/aromatic N) is 2. The molecule has 7 heteroatoms. The summed E-state index contributed by atoms with van der Waals surface area (Å²) in [5.41, 5.74) is 6.01. The van der Waals surface area contributed by atoms with Gasteiger partial charge in [-0.1, -0.05) is 63.2 Å². The van der Waals surface area contributed by atoms with Crippen molar-refractivity contribution in [2.24, 2.45) is 17.0 Å². The molecule has 2 aliphatic carbocycles. The molecular formula is C31H37F2N3O2. The molecule has 1 aromatic heterocycles. The van der Waals surface area contributed by atoms with Crippen LogP contribution in [0.1, 0.15) is 75.0 Å². The van der Waals surface area contributed by atoms with Gasteiger partial charge in [0.1, 0.15) is 12.9 Å². The molecule has 2 atom stereocenters. The van der Waals surface area contributed by atoms with Crippen LogP contribution in [0.25, 0.3) is 10.9 Å². The molecule has 2 aliphatic rings. The van der Waals surface area contributed by atoms with E-state index in [2.05, 4.69) is 60.1 Å². The normalized spacial score (nSPS) is 20.2. The molecule has 1 N–H and O–H groups in total. The maximum atomic E-state index is 14.0. The number of rotatable bonds is 8. The Hall–Kier alpha value is -3.48. The number of hydrogen-bond acceptors (Lipinski definition) is 3. The molecule has 2 aromatic rings. The third-order valence-electron chi connectivity index (χ3n) is 7.29. The topological polar surface area (TPSA) is 55.6 Å². The van der Waals surface area contributed by atoms with Crippen molar-refractivity contribution in [3.8, 4) is 0 Å². The second kappa shape index (κ2) is 11.5. The molecule has 1 heterocycles. The number of hydrogen-bond donors (Lipinski definition) is 1. The molecule has 2 unspecified atom stereocenters. The fraction of sp³-hybridized carbons (Fsp3) is 0.419. The van der Waals surface area contributed by atoms with E-state index in [9.17, 15) is 13.6 Å². The summed E-state index contributed by atoms with van der Waals surface area (Å²) in [6.07, 6.45) is 9.22. The zero-order valence-corrected chi connectivity index (χ0v) is 23.1. The average Bonchev–Trinajstić information content (AvgIpc) is 3.21. The Bertz CT molecular complexity index is 1390. The first-order valence-corrected chi connectivity index (χ1v) is 13.2. The van der Waals surface area contributed by atoms with E-state index in [1.807, 2.05) is 19.1 Å². The minimum absolute atomic E-state index is 0.0656. The van der Waals surface area contributed by atoms with Gasteiger partial charge in [-0.15, -0.1) is 0 Å². The summed E-state index contributed by atoms with van der Waals surface area (Å²) in [5, 5.41) is 7.92.